The molecule has 0 spiro atoms. The van der Waals surface area contributed by atoms with E-state index in [-0.39, 0.29) is 30.5 Å². The molecule has 3 aliphatic heterocycles. The Bertz CT molecular complexity index is 1650. The molecule has 1 N–H and O–H groups in total. The van der Waals surface area contributed by atoms with E-state index in [1.165, 1.54) is 6.07 Å². The minimum atomic E-state index is -0.388. The Morgan fingerprint density at radius 1 is 1.02 bits per heavy atom. The number of hydrogen-bond acceptors (Lipinski definition) is 7. The molecule has 2 aromatic heterocycles. The third kappa shape index (κ3) is 6.44. The van der Waals surface area contributed by atoms with Gasteiger partial charge in [-0.05, 0) is 68.8 Å². The number of carbonyl (C=O) groups excluding carboxylic acids is 1. The van der Waals surface area contributed by atoms with Crippen molar-refractivity contribution in [2.24, 2.45) is 0 Å². The zero-order valence-corrected chi connectivity index (χ0v) is 25.1. The number of anilines is 1. The minimum Gasteiger partial charge on any atom is -0.473 e. The third-order valence-corrected chi connectivity index (χ3v) is 9.01. The molecule has 3 saturated heterocycles. The van der Waals surface area contributed by atoms with Crippen LogP contribution in [-0.2, 0) is 34.0 Å². The number of aromatic nitrogens is 3. The van der Waals surface area contributed by atoms with E-state index in [1.807, 2.05) is 30.3 Å². The first-order valence-electron chi connectivity index (χ1n) is 15.3. The van der Waals surface area contributed by atoms with Crippen LogP contribution >= 0.6 is 11.6 Å². The minimum absolute atomic E-state index is 0.0909. The highest BCUT2D eigenvalue weighted by molar-refractivity contribution is 6.30. The van der Waals surface area contributed by atoms with E-state index in [2.05, 4.69) is 14.8 Å². The number of rotatable bonds is 10. The summed E-state index contributed by atoms with van der Waals surface area (Å²) in [4.78, 5) is 24.6. The highest BCUT2D eigenvalue weighted by Crippen LogP contribution is 2.30. The zero-order chi connectivity index (χ0) is 30.0. The van der Waals surface area contributed by atoms with Crippen LogP contribution < -0.4 is 10.1 Å². The maximum atomic E-state index is 14.2. The molecule has 7 rings (SSSR count). The van der Waals surface area contributed by atoms with Crippen molar-refractivity contribution in [3.05, 3.63) is 82.5 Å². The van der Waals surface area contributed by atoms with Gasteiger partial charge in [-0.15, -0.1) is 0 Å². The predicted octanol–water partition coefficient (Wildman–Crippen LogP) is 5.70. The number of carbonyl (C=O) groups is 1. The van der Waals surface area contributed by atoms with Crippen molar-refractivity contribution in [3.63, 3.8) is 0 Å². The van der Waals surface area contributed by atoms with Gasteiger partial charge in [0.1, 0.15) is 24.4 Å². The van der Waals surface area contributed by atoms with Crippen molar-refractivity contribution in [2.45, 2.75) is 63.5 Å². The number of pyridine rings is 1. The summed E-state index contributed by atoms with van der Waals surface area (Å²) in [6, 6.07) is 16.3. The van der Waals surface area contributed by atoms with E-state index < -0.39 is 0 Å². The third-order valence-electron chi connectivity index (χ3n) is 8.77. The molecule has 2 atom stereocenters. The molecule has 5 heterocycles. The first-order valence-corrected chi connectivity index (χ1v) is 15.7. The van der Waals surface area contributed by atoms with Crippen molar-refractivity contribution < 1.29 is 23.4 Å². The Kier molecular flexibility index (Phi) is 8.49. The topological polar surface area (TPSA) is 90.7 Å². The zero-order valence-electron chi connectivity index (χ0n) is 24.4. The van der Waals surface area contributed by atoms with Crippen LogP contribution in [0, 0.1) is 5.82 Å². The van der Waals surface area contributed by atoms with Crippen molar-refractivity contribution in [1.29, 1.82) is 0 Å². The van der Waals surface area contributed by atoms with E-state index in [4.69, 9.17) is 35.8 Å². The van der Waals surface area contributed by atoms with Gasteiger partial charge in [-0.3, -0.25) is 9.69 Å². The number of ether oxygens (including phenoxy) is 3. The second-order valence-electron chi connectivity index (χ2n) is 11.7. The van der Waals surface area contributed by atoms with Crippen LogP contribution in [0.4, 0.5) is 10.1 Å². The lowest BCUT2D eigenvalue weighted by molar-refractivity contribution is -0.139. The van der Waals surface area contributed by atoms with E-state index in [0.29, 0.717) is 29.0 Å². The standard InChI is InChI=1S/C33H35ClFN5O4/c34-23-5-4-22(26(35)16-23)20-44-32-3-1-2-27(38-32)21-8-12-39(13-9-21)19-31-37-28-17-24(36-33(41)30-11-15-43-30)6-7-29(28)40(31)18-25-10-14-42-25/h1-7,16-17,21,25,30H,8-15,18-20H2,(H,36,41)/t25-,30?/m0/s1. The predicted molar refractivity (Wildman–Crippen MR) is 164 cm³/mol. The van der Waals surface area contributed by atoms with E-state index >= 15 is 0 Å². The number of fused-ring (bicyclic) bond motifs is 1. The molecule has 9 nitrogen and oxygen atoms in total. The summed E-state index contributed by atoms with van der Waals surface area (Å²) in [5.74, 6) is 1.31. The van der Waals surface area contributed by atoms with Crippen LogP contribution in [0.5, 0.6) is 5.88 Å². The lowest BCUT2D eigenvalue weighted by atomic mass is 9.93. The van der Waals surface area contributed by atoms with Crippen molar-refractivity contribution in [1.82, 2.24) is 19.4 Å². The largest absolute Gasteiger partial charge is 0.473 e. The molecule has 4 aromatic rings. The Morgan fingerprint density at radius 3 is 2.57 bits per heavy atom. The molecular formula is C33H35ClFN5O4. The summed E-state index contributed by atoms with van der Waals surface area (Å²) in [6.07, 6.45) is 3.57. The summed E-state index contributed by atoms with van der Waals surface area (Å²) < 4.78 is 33.4. The average molecular weight is 620 g/mol. The molecule has 1 unspecified atom stereocenters. The number of imidazole rings is 1. The Hall–Kier alpha value is -3.57. The van der Waals surface area contributed by atoms with Crippen molar-refractivity contribution >= 4 is 34.2 Å². The van der Waals surface area contributed by atoms with E-state index in [0.717, 1.165) is 86.7 Å². The summed E-state index contributed by atoms with van der Waals surface area (Å²) in [5, 5.41) is 3.33. The number of benzene rings is 2. The number of amides is 1. The Balaban J connectivity index is 0.999. The lowest BCUT2D eigenvalue weighted by Crippen LogP contribution is -2.38. The van der Waals surface area contributed by atoms with Gasteiger partial charge in [-0.1, -0.05) is 23.7 Å². The van der Waals surface area contributed by atoms with E-state index in [9.17, 15) is 9.18 Å². The van der Waals surface area contributed by atoms with Gasteiger partial charge in [0.05, 0.1) is 36.8 Å². The maximum Gasteiger partial charge on any atom is 0.253 e. The molecule has 230 valence electrons. The maximum absolute atomic E-state index is 14.2. The Labute approximate surface area is 260 Å². The SMILES string of the molecule is O=C(Nc1ccc2c(c1)nc(CN1CCC(c3cccc(OCc4ccc(Cl)cc4F)n3)CC1)n2C[C@@H]1CCO1)C1CCO1. The molecule has 0 aliphatic carbocycles. The summed E-state index contributed by atoms with van der Waals surface area (Å²) in [6.45, 7) is 4.86. The molecule has 44 heavy (non-hydrogen) atoms. The van der Waals surface area contributed by atoms with Gasteiger partial charge < -0.3 is 24.1 Å². The van der Waals surface area contributed by atoms with Crippen LogP contribution in [0.1, 0.15) is 48.7 Å². The fourth-order valence-corrected chi connectivity index (χ4v) is 6.15. The van der Waals surface area contributed by atoms with Gasteiger partial charge in [-0.2, -0.15) is 0 Å². The number of hydrogen-bond donors (Lipinski definition) is 1. The molecule has 0 radical (unpaired) electrons. The average Bonchev–Trinajstić information content (AvgIpc) is 3.29. The molecule has 3 fully saturated rings. The molecule has 11 heteroatoms. The highest BCUT2D eigenvalue weighted by Gasteiger charge is 2.28. The monoisotopic (exact) mass is 619 g/mol. The first kappa shape index (κ1) is 29.2. The summed E-state index contributed by atoms with van der Waals surface area (Å²) in [7, 11) is 0. The summed E-state index contributed by atoms with van der Waals surface area (Å²) >= 11 is 5.86. The quantitative estimate of drug-likeness (QED) is 0.244. The van der Waals surface area contributed by atoms with Crippen LogP contribution in [-0.4, -0.2) is 63.9 Å². The molecule has 2 aromatic carbocycles. The number of halogens is 2. The second-order valence-corrected chi connectivity index (χ2v) is 12.2. The van der Waals surface area contributed by atoms with Crippen molar-refractivity contribution in [2.75, 3.05) is 31.6 Å². The smallest absolute Gasteiger partial charge is 0.253 e. The number of piperidine rings is 1. The lowest BCUT2D eigenvalue weighted by Gasteiger charge is -2.32. The number of nitrogens with one attached hydrogen (secondary N) is 1. The van der Waals surface area contributed by atoms with Gasteiger partial charge in [0.2, 0.25) is 5.88 Å². The van der Waals surface area contributed by atoms with Crippen LogP contribution in [0.3, 0.4) is 0 Å². The number of nitrogens with zero attached hydrogens (tertiary/aromatic N) is 4. The molecule has 3 aliphatic rings. The summed E-state index contributed by atoms with van der Waals surface area (Å²) in [5.41, 5.74) is 4.07. The van der Waals surface area contributed by atoms with E-state index in [1.54, 1.807) is 18.2 Å². The molecular weight excluding hydrogens is 585 g/mol. The van der Waals surface area contributed by atoms with Crippen molar-refractivity contribution in [3.8, 4) is 5.88 Å². The Morgan fingerprint density at radius 2 is 1.84 bits per heavy atom. The second kappa shape index (κ2) is 12.8. The van der Waals surface area contributed by atoms with Crippen LogP contribution in [0.25, 0.3) is 11.0 Å². The molecule has 1 amide bonds. The molecule has 0 bridgehead atoms. The van der Waals surface area contributed by atoms with Crippen LogP contribution in [0.15, 0.2) is 54.6 Å². The fourth-order valence-electron chi connectivity index (χ4n) is 6.00. The first-order chi connectivity index (χ1) is 21.5. The normalized spacial score (nSPS) is 20.7. The number of likely N-dealkylation sites (tertiary alicyclic amines) is 1. The highest BCUT2D eigenvalue weighted by atomic mass is 35.5. The van der Waals surface area contributed by atoms with Gasteiger partial charge in [0.15, 0.2) is 0 Å². The van der Waals surface area contributed by atoms with Crippen LogP contribution in [0.2, 0.25) is 5.02 Å². The fraction of sp³-hybridized carbons (Fsp3) is 0.424. The molecule has 0 saturated carbocycles. The van der Waals surface area contributed by atoms with Gasteiger partial charge >= 0.3 is 0 Å². The van der Waals surface area contributed by atoms with Gasteiger partial charge in [-0.25, -0.2) is 14.4 Å². The van der Waals surface area contributed by atoms with Gasteiger partial charge in [0.25, 0.3) is 5.91 Å². The van der Waals surface area contributed by atoms with Gasteiger partial charge in [0, 0.05) is 47.0 Å².